The van der Waals surface area contributed by atoms with E-state index in [2.05, 4.69) is 56.3 Å². The summed E-state index contributed by atoms with van der Waals surface area (Å²) in [5, 5.41) is 9.22. The first-order valence-electron chi connectivity index (χ1n) is 14.6. The molecule has 0 aliphatic rings. The number of aliphatic imine (C=N–C) groups is 1. The van der Waals surface area contributed by atoms with Crippen LogP contribution in [0.3, 0.4) is 0 Å². The Bertz CT molecular complexity index is 1140. The first kappa shape index (κ1) is 36.8. The molecule has 0 radical (unpaired) electrons. The van der Waals surface area contributed by atoms with Crippen LogP contribution in [0.4, 0.5) is 0 Å². The van der Waals surface area contributed by atoms with E-state index in [1.165, 1.54) is 17.2 Å². The van der Waals surface area contributed by atoms with Crippen molar-refractivity contribution in [2.24, 2.45) is 4.99 Å². The Kier molecular flexibility index (Phi) is 14.4. The third kappa shape index (κ3) is 12.3. The first-order chi connectivity index (χ1) is 19.5. The Hall–Kier alpha value is -3.22. The third-order valence-corrected chi connectivity index (χ3v) is 6.99. The second-order valence-corrected chi connectivity index (χ2v) is 12.4. The fraction of sp³-hybridized carbons (Fsp3) is 0.500. The van der Waals surface area contributed by atoms with Gasteiger partial charge in [-0.05, 0) is 89.9 Å². The van der Waals surface area contributed by atoms with Crippen molar-refractivity contribution in [2.75, 3.05) is 19.8 Å². The number of aliphatic hydroxyl groups is 1. The summed E-state index contributed by atoms with van der Waals surface area (Å²) in [4.78, 5) is 15.7. The molecule has 0 aliphatic heterocycles. The quantitative estimate of drug-likeness (QED) is 0.161. The summed E-state index contributed by atoms with van der Waals surface area (Å²) in [6.45, 7) is 26.2. The molecule has 0 saturated heterocycles. The van der Waals surface area contributed by atoms with Gasteiger partial charge in [0.25, 0.3) is 0 Å². The zero-order chi connectivity index (χ0) is 32.0. The zero-order valence-corrected chi connectivity index (χ0v) is 27.3. The van der Waals surface area contributed by atoms with Crippen LogP contribution in [0.25, 0.3) is 0 Å². The van der Waals surface area contributed by atoms with Crippen molar-refractivity contribution in [2.45, 2.75) is 97.4 Å². The van der Waals surface area contributed by atoms with E-state index in [9.17, 15) is 9.90 Å². The Balaban J connectivity index is 0.00000132. The van der Waals surface area contributed by atoms with Gasteiger partial charge >= 0.3 is 0 Å². The van der Waals surface area contributed by atoms with Gasteiger partial charge in [0.1, 0.15) is 28.3 Å². The summed E-state index contributed by atoms with van der Waals surface area (Å²) in [6, 6.07) is 16.4. The van der Waals surface area contributed by atoms with E-state index in [0.717, 1.165) is 18.0 Å². The highest BCUT2D eigenvalue weighted by Crippen LogP contribution is 2.34. The molecule has 2 aromatic carbocycles. The van der Waals surface area contributed by atoms with Gasteiger partial charge in [0.05, 0.1) is 6.61 Å². The monoisotopic (exact) mass is 579 g/mol. The number of carbonyl (C=O) groups excluding carboxylic acids is 1. The van der Waals surface area contributed by atoms with Crippen molar-refractivity contribution < 1.29 is 24.1 Å². The lowest BCUT2D eigenvalue weighted by molar-refractivity contribution is -0.136. The summed E-state index contributed by atoms with van der Waals surface area (Å²) in [5.41, 5.74) is 0.396. The molecule has 0 saturated carbocycles. The number of ketones is 1. The molecular formula is C36H53NO5. The van der Waals surface area contributed by atoms with Crippen molar-refractivity contribution >= 4 is 12.0 Å². The SMILES string of the molecule is C=CC(=O)C(C)(C)OCCC(C)(C)Oc1ccc(C(C)(C)c2ccc(OC(C)(C)CCO)cc2)cc1.C=CC=NCC. The van der Waals surface area contributed by atoms with Crippen LogP contribution in [0.5, 0.6) is 11.5 Å². The Morgan fingerprint density at radius 2 is 1.26 bits per heavy atom. The highest BCUT2D eigenvalue weighted by atomic mass is 16.5. The second-order valence-electron chi connectivity index (χ2n) is 12.4. The lowest BCUT2D eigenvalue weighted by atomic mass is 9.78. The molecule has 0 bridgehead atoms. The highest BCUT2D eigenvalue weighted by Gasteiger charge is 2.28. The molecule has 6 heteroatoms. The number of allylic oxidation sites excluding steroid dienone is 1. The topological polar surface area (TPSA) is 77.4 Å². The summed E-state index contributed by atoms with van der Waals surface area (Å²) in [7, 11) is 0. The van der Waals surface area contributed by atoms with Gasteiger partial charge in [0.2, 0.25) is 0 Å². The van der Waals surface area contributed by atoms with E-state index >= 15 is 0 Å². The van der Waals surface area contributed by atoms with Gasteiger partial charge in [0, 0.05) is 37.6 Å². The van der Waals surface area contributed by atoms with Crippen LogP contribution >= 0.6 is 0 Å². The molecule has 1 N–H and O–H groups in total. The molecule has 0 unspecified atom stereocenters. The van der Waals surface area contributed by atoms with Gasteiger partial charge in [-0.1, -0.05) is 57.3 Å². The average molecular weight is 580 g/mol. The van der Waals surface area contributed by atoms with Gasteiger partial charge in [0.15, 0.2) is 5.78 Å². The largest absolute Gasteiger partial charge is 0.488 e. The highest BCUT2D eigenvalue weighted by molar-refractivity contribution is 5.95. The van der Waals surface area contributed by atoms with Crippen LogP contribution in [0.2, 0.25) is 0 Å². The molecule has 42 heavy (non-hydrogen) atoms. The maximum atomic E-state index is 11.9. The predicted molar refractivity (Wildman–Crippen MR) is 175 cm³/mol. The minimum absolute atomic E-state index is 0.0949. The lowest BCUT2D eigenvalue weighted by Gasteiger charge is -2.30. The van der Waals surface area contributed by atoms with E-state index in [4.69, 9.17) is 14.2 Å². The Morgan fingerprint density at radius 3 is 1.62 bits per heavy atom. The standard InChI is InChI=1S/C31H44O5.C5H9N/c1-10-27(33)31(8,9)34-22-20-29(4,5)36-26-17-13-24(14-18-26)30(6,7)23-11-15-25(16-12-23)35-28(2,3)19-21-32;1-3-5-6-4-2/h10-18,32H,1,19-22H2,2-9H3;3,5H,1,4H2,2H3. The minimum atomic E-state index is -0.884. The number of rotatable bonds is 16. The number of ether oxygens (including phenoxy) is 3. The number of benzene rings is 2. The lowest BCUT2D eigenvalue weighted by Crippen LogP contribution is -2.37. The fourth-order valence-corrected chi connectivity index (χ4v) is 4.10. The van der Waals surface area contributed by atoms with Crippen molar-refractivity contribution in [1.29, 1.82) is 0 Å². The van der Waals surface area contributed by atoms with Crippen LogP contribution in [-0.4, -0.2) is 53.7 Å². The number of carbonyl (C=O) groups is 1. The average Bonchev–Trinajstić information content (AvgIpc) is 2.91. The van der Waals surface area contributed by atoms with Crippen molar-refractivity contribution in [1.82, 2.24) is 0 Å². The van der Waals surface area contributed by atoms with Crippen LogP contribution in [-0.2, 0) is 14.9 Å². The Morgan fingerprint density at radius 1 is 0.810 bits per heavy atom. The predicted octanol–water partition coefficient (Wildman–Crippen LogP) is 7.91. The molecule has 0 amide bonds. The van der Waals surface area contributed by atoms with Crippen LogP contribution < -0.4 is 9.47 Å². The van der Waals surface area contributed by atoms with E-state index in [0.29, 0.717) is 19.4 Å². The fourth-order valence-electron chi connectivity index (χ4n) is 4.10. The summed E-state index contributed by atoms with van der Waals surface area (Å²) in [5.74, 6) is 1.45. The van der Waals surface area contributed by atoms with E-state index in [-0.39, 0.29) is 17.8 Å². The molecular weight excluding hydrogens is 526 g/mol. The summed E-state index contributed by atoms with van der Waals surface area (Å²) in [6.07, 6.45) is 5.87. The molecule has 2 aromatic rings. The number of hydrogen-bond acceptors (Lipinski definition) is 6. The summed E-state index contributed by atoms with van der Waals surface area (Å²) >= 11 is 0. The van der Waals surface area contributed by atoms with E-state index in [1.54, 1.807) is 26.1 Å². The number of hydrogen-bond donors (Lipinski definition) is 1. The van der Waals surface area contributed by atoms with Gasteiger partial charge < -0.3 is 19.3 Å². The van der Waals surface area contributed by atoms with Gasteiger partial charge in [-0.15, -0.1) is 0 Å². The molecule has 0 atom stereocenters. The van der Waals surface area contributed by atoms with Crippen molar-refractivity contribution in [3.05, 3.63) is 85.0 Å². The zero-order valence-electron chi connectivity index (χ0n) is 27.3. The maximum Gasteiger partial charge on any atom is 0.186 e. The number of aliphatic hydroxyl groups excluding tert-OH is 1. The van der Waals surface area contributed by atoms with Crippen LogP contribution in [0.1, 0.15) is 86.3 Å². The van der Waals surface area contributed by atoms with Crippen LogP contribution in [0.15, 0.2) is 78.8 Å². The van der Waals surface area contributed by atoms with Crippen LogP contribution in [0, 0.1) is 0 Å². The third-order valence-electron chi connectivity index (χ3n) is 6.99. The molecule has 6 nitrogen and oxygen atoms in total. The molecule has 0 spiro atoms. The first-order valence-corrected chi connectivity index (χ1v) is 14.6. The molecule has 232 valence electrons. The Labute approximate surface area is 254 Å². The van der Waals surface area contributed by atoms with E-state index < -0.39 is 16.8 Å². The molecule has 0 heterocycles. The molecule has 0 fully saturated rings. The van der Waals surface area contributed by atoms with Crippen molar-refractivity contribution in [3.8, 4) is 11.5 Å². The number of nitrogens with zero attached hydrogens (tertiary/aromatic N) is 1. The van der Waals surface area contributed by atoms with Gasteiger partial charge in [-0.3, -0.25) is 9.79 Å². The molecule has 2 rings (SSSR count). The van der Waals surface area contributed by atoms with Gasteiger partial charge in [-0.25, -0.2) is 0 Å². The normalized spacial score (nSPS) is 12.3. The summed E-state index contributed by atoms with van der Waals surface area (Å²) < 4.78 is 18.1. The van der Waals surface area contributed by atoms with Crippen molar-refractivity contribution in [3.63, 3.8) is 0 Å². The van der Waals surface area contributed by atoms with E-state index in [1.807, 2.05) is 58.9 Å². The maximum absolute atomic E-state index is 11.9. The second kappa shape index (κ2) is 16.4. The molecule has 0 aliphatic carbocycles. The van der Waals surface area contributed by atoms with Gasteiger partial charge in [-0.2, -0.15) is 0 Å². The minimum Gasteiger partial charge on any atom is -0.488 e. The smallest absolute Gasteiger partial charge is 0.186 e. The molecule has 0 aromatic heterocycles.